The van der Waals surface area contributed by atoms with E-state index in [1.165, 1.54) is 0 Å². The van der Waals surface area contributed by atoms with Gasteiger partial charge in [-0.25, -0.2) is 9.98 Å². The molecule has 0 saturated carbocycles. The Labute approximate surface area is 91.5 Å². The van der Waals surface area contributed by atoms with E-state index in [9.17, 15) is 4.79 Å². The standard InChI is InChI=1S/C8H4Br2N2O/c9-4-1-5-7(13)6(10)3-12-8(5)11-2-4/h1-3,6H. The Kier molecular flexibility index (Phi) is 2.29. The number of nitrogens with zero attached hydrogens (tertiary/aromatic N) is 2. The molecule has 1 aliphatic rings. The molecule has 0 aliphatic carbocycles. The van der Waals surface area contributed by atoms with Crippen LogP contribution in [0.2, 0.25) is 0 Å². The molecule has 1 aromatic rings. The molecule has 13 heavy (non-hydrogen) atoms. The zero-order valence-electron chi connectivity index (χ0n) is 6.37. The van der Waals surface area contributed by atoms with Crippen molar-refractivity contribution < 1.29 is 4.79 Å². The van der Waals surface area contributed by atoms with Crippen LogP contribution < -0.4 is 0 Å². The Balaban J connectivity index is 2.60. The van der Waals surface area contributed by atoms with Gasteiger partial charge < -0.3 is 0 Å². The van der Waals surface area contributed by atoms with E-state index >= 15 is 0 Å². The molecule has 0 saturated heterocycles. The molecular weight excluding hydrogens is 300 g/mol. The molecule has 0 spiro atoms. The smallest absolute Gasteiger partial charge is 0.185 e. The molecular formula is C8H4Br2N2O. The summed E-state index contributed by atoms with van der Waals surface area (Å²) in [6.45, 7) is 0. The number of hydrogen-bond acceptors (Lipinski definition) is 3. The molecule has 66 valence electrons. The molecule has 0 radical (unpaired) electrons. The van der Waals surface area contributed by atoms with Gasteiger partial charge in [0.05, 0.1) is 5.56 Å². The molecule has 1 atom stereocenters. The van der Waals surface area contributed by atoms with Gasteiger partial charge in [-0.3, -0.25) is 4.79 Å². The van der Waals surface area contributed by atoms with Crippen LogP contribution in [-0.2, 0) is 0 Å². The second kappa shape index (κ2) is 3.31. The van der Waals surface area contributed by atoms with Crippen LogP contribution in [0.4, 0.5) is 5.82 Å². The number of halogens is 2. The zero-order valence-corrected chi connectivity index (χ0v) is 9.54. The third kappa shape index (κ3) is 1.58. The van der Waals surface area contributed by atoms with Crippen LogP contribution in [-0.4, -0.2) is 21.8 Å². The topological polar surface area (TPSA) is 42.3 Å². The molecule has 0 bridgehead atoms. The number of carbonyl (C=O) groups excluding carboxylic acids is 1. The van der Waals surface area contributed by atoms with Gasteiger partial charge >= 0.3 is 0 Å². The first-order valence-electron chi connectivity index (χ1n) is 3.56. The van der Waals surface area contributed by atoms with Crippen LogP contribution >= 0.6 is 31.9 Å². The zero-order chi connectivity index (χ0) is 9.42. The number of alkyl halides is 1. The Morgan fingerprint density at radius 3 is 3.00 bits per heavy atom. The van der Waals surface area contributed by atoms with Crippen LogP contribution in [0.15, 0.2) is 21.7 Å². The molecule has 1 unspecified atom stereocenters. The Bertz CT molecular complexity index is 403. The van der Waals surface area contributed by atoms with Crippen molar-refractivity contribution in [2.24, 2.45) is 4.99 Å². The van der Waals surface area contributed by atoms with Crippen molar-refractivity contribution in [3.8, 4) is 0 Å². The minimum absolute atomic E-state index is 0.00111. The summed E-state index contributed by atoms with van der Waals surface area (Å²) in [6.07, 6.45) is 3.17. The Morgan fingerprint density at radius 2 is 2.23 bits per heavy atom. The Morgan fingerprint density at radius 1 is 1.46 bits per heavy atom. The highest BCUT2D eigenvalue weighted by Crippen LogP contribution is 2.26. The summed E-state index contributed by atoms with van der Waals surface area (Å²) < 4.78 is 0.788. The summed E-state index contributed by atoms with van der Waals surface area (Å²) in [5.41, 5.74) is 0.554. The second-order valence-electron chi connectivity index (χ2n) is 2.57. The highest BCUT2D eigenvalue weighted by Gasteiger charge is 2.23. The van der Waals surface area contributed by atoms with Gasteiger partial charge in [0.1, 0.15) is 4.83 Å². The van der Waals surface area contributed by atoms with E-state index in [4.69, 9.17) is 0 Å². The van der Waals surface area contributed by atoms with Crippen LogP contribution in [0.1, 0.15) is 10.4 Å². The van der Waals surface area contributed by atoms with Crippen LogP contribution in [0.3, 0.4) is 0 Å². The van der Waals surface area contributed by atoms with E-state index in [1.54, 1.807) is 18.5 Å². The van der Waals surface area contributed by atoms with E-state index in [0.29, 0.717) is 11.4 Å². The number of hydrogen-bond donors (Lipinski definition) is 0. The summed E-state index contributed by atoms with van der Waals surface area (Å²) in [6, 6.07) is 1.73. The lowest BCUT2D eigenvalue weighted by molar-refractivity contribution is 0.101. The van der Waals surface area contributed by atoms with E-state index in [-0.39, 0.29) is 10.6 Å². The summed E-state index contributed by atoms with van der Waals surface area (Å²) in [5, 5.41) is 0. The van der Waals surface area contributed by atoms with E-state index < -0.39 is 0 Å². The molecule has 0 amide bonds. The number of rotatable bonds is 0. The predicted octanol–water partition coefficient (Wildman–Crippen LogP) is 2.51. The number of aliphatic imine (C=N–C) groups is 1. The van der Waals surface area contributed by atoms with Crippen molar-refractivity contribution in [2.75, 3.05) is 0 Å². The predicted molar refractivity (Wildman–Crippen MR) is 57.1 cm³/mol. The van der Waals surface area contributed by atoms with Crippen molar-refractivity contribution in [1.29, 1.82) is 0 Å². The molecule has 2 heterocycles. The van der Waals surface area contributed by atoms with Crippen LogP contribution in [0.25, 0.3) is 0 Å². The highest BCUT2D eigenvalue weighted by molar-refractivity contribution is 9.10. The van der Waals surface area contributed by atoms with Gasteiger partial charge in [-0.2, -0.15) is 0 Å². The maximum absolute atomic E-state index is 11.6. The third-order valence-electron chi connectivity index (χ3n) is 1.68. The van der Waals surface area contributed by atoms with Gasteiger partial charge in [-0.05, 0) is 22.0 Å². The van der Waals surface area contributed by atoms with Crippen molar-refractivity contribution in [3.63, 3.8) is 0 Å². The maximum Gasteiger partial charge on any atom is 0.185 e. The lowest BCUT2D eigenvalue weighted by Crippen LogP contribution is -2.19. The summed E-state index contributed by atoms with van der Waals surface area (Å²) in [4.78, 5) is 19.3. The van der Waals surface area contributed by atoms with Crippen molar-refractivity contribution in [1.82, 2.24) is 4.98 Å². The van der Waals surface area contributed by atoms with Gasteiger partial charge in [-0.15, -0.1) is 0 Å². The number of aromatic nitrogens is 1. The fourth-order valence-corrected chi connectivity index (χ4v) is 1.76. The highest BCUT2D eigenvalue weighted by atomic mass is 79.9. The van der Waals surface area contributed by atoms with Crippen molar-refractivity contribution in [2.45, 2.75) is 4.83 Å². The summed E-state index contributed by atoms with van der Waals surface area (Å²) in [5.74, 6) is 0.489. The van der Waals surface area contributed by atoms with Gasteiger partial charge in [0.25, 0.3) is 0 Å². The van der Waals surface area contributed by atoms with E-state index in [1.807, 2.05) is 0 Å². The number of ketones is 1. The van der Waals surface area contributed by atoms with E-state index in [0.717, 1.165) is 4.47 Å². The maximum atomic E-state index is 11.6. The normalized spacial score (nSPS) is 20.2. The number of pyridine rings is 1. The first-order chi connectivity index (χ1) is 6.18. The average Bonchev–Trinajstić information content (AvgIpc) is 2.12. The monoisotopic (exact) mass is 302 g/mol. The van der Waals surface area contributed by atoms with Crippen molar-refractivity contribution >= 4 is 49.7 Å². The largest absolute Gasteiger partial charge is 0.292 e. The number of fused-ring (bicyclic) bond motifs is 1. The molecule has 1 aromatic heterocycles. The fraction of sp³-hybridized carbons (Fsp3) is 0.125. The second-order valence-corrected chi connectivity index (χ2v) is 4.47. The molecule has 0 aromatic carbocycles. The molecule has 0 fully saturated rings. The minimum atomic E-state index is -0.323. The molecule has 0 N–H and O–H groups in total. The summed E-state index contributed by atoms with van der Waals surface area (Å²) in [7, 11) is 0. The minimum Gasteiger partial charge on any atom is -0.292 e. The number of Topliss-reactive ketones (excluding diaryl/α,β-unsaturated/α-hetero) is 1. The average molecular weight is 304 g/mol. The third-order valence-corrected chi connectivity index (χ3v) is 2.76. The fourth-order valence-electron chi connectivity index (χ4n) is 1.07. The Hall–Kier alpha value is -0.550. The van der Waals surface area contributed by atoms with Gasteiger partial charge in [-0.1, -0.05) is 15.9 Å². The van der Waals surface area contributed by atoms with Gasteiger partial charge in [0.2, 0.25) is 0 Å². The lowest BCUT2D eigenvalue weighted by Gasteiger charge is -2.11. The molecule has 5 heteroatoms. The van der Waals surface area contributed by atoms with Gasteiger partial charge in [0, 0.05) is 16.9 Å². The quantitative estimate of drug-likeness (QED) is 0.691. The molecule has 1 aliphatic heterocycles. The first kappa shape index (κ1) is 9.02. The van der Waals surface area contributed by atoms with Crippen LogP contribution in [0, 0.1) is 0 Å². The number of carbonyl (C=O) groups is 1. The van der Waals surface area contributed by atoms with Crippen molar-refractivity contribution in [3.05, 3.63) is 22.3 Å². The lowest BCUT2D eigenvalue weighted by atomic mass is 10.1. The molecule has 2 rings (SSSR count). The SMILES string of the molecule is O=C1c2cc(Br)cnc2N=CC1Br. The molecule has 3 nitrogen and oxygen atoms in total. The van der Waals surface area contributed by atoms with Crippen LogP contribution in [0.5, 0.6) is 0 Å². The summed E-state index contributed by atoms with van der Waals surface area (Å²) >= 11 is 6.46. The van der Waals surface area contributed by atoms with Gasteiger partial charge in [0.15, 0.2) is 11.6 Å². The first-order valence-corrected chi connectivity index (χ1v) is 5.27. The van der Waals surface area contributed by atoms with E-state index in [2.05, 4.69) is 41.8 Å².